The Morgan fingerprint density at radius 1 is 1.75 bits per heavy atom. The van der Waals surface area contributed by atoms with E-state index in [0.717, 1.165) is 0 Å². The summed E-state index contributed by atoms with van der Waals surface area (Å²) in [6, 6.07) is 1.48. The van der Waals surface area contributed by atoms with Crippen molar-refractivity contribution in [3.05, 3.63) is 28.0 Å². The molecule has 0 bridgehead atoms. The van der Waals surface area contributed by atoms with Gasteiger partial charge >= 0.3 is 5.97 Å². The van der Waals surface area contributed by atoms with E-state index in [1.807, 2.05) is 0 Å². The van der Waals surface area contributed by atoms with Crippen LogP contribution in [0.4, 0.5) is 0 Å². The number of nitrogens with zero attached hydrogens (tertiary/aromatic N) is 1. The fourth-order valence-electron chi connectivity index (χ4n) is 0.759. The molecule has 0 saturated carbocycles. The predicted molar refractivity (Wildman–Crippen MR) is 48.5 cm³/mol. The molecule has 1 heterocycles. The first kappa shape index (κ1) is 9.48. The minimum Gasteiger partial charge on any atom is -0.478 e. The van der Waals surface area contributed by atoms with E-state index >= 15 is 0 Å². The van der Waals surface area contributed by atoms with Crippen molar-refractivity contribution in [1.29, 1.82) is 0 Å². The fourth-order valence-corrected chi connectivity index (χ4v) is 1.30. The first-order chi connectivity index (χ1) is 5.65. The molecule has 0 unspecified atom stereocenters. The van der Waals surface area contributed by atoms with Crippen LogP contribution >= 0.6 is 27.5 Å². The summed E-state index contributed by atoms with van der Waals surface area (Å²) in [5, 5.41) is 8.70. The number of carboxylic acids is 1. The first-order valence-electron chi connectivity index (χ1n) is 3.09. The quantitative estimate of drug-likeness (QED) is 0.819. The summed E-state index contributed by atoms with van der Waals surface area (Å²) >= 11 is 8.61. The largest absolute Gasteiger partial charge is 0.478 e. The van der Waals surface area contributed by atoms with Crippen molar-refractivity contribution in [3.63, 3.8) is 0 Å². The molecule has 0 spiro atoms. The number of carboxylic acid groups (broad SMARTS) is 1. The summed E-state index contributed by atoms with van der Waals surface area (Å²) in [6.45, 7) is 0. The lowest BCUT2D eigenvalue weighted by atomic mass is 10.2. The summed E-state index contributed by atoms with van der Waals surface area (Å²) < 4.78 is 0.633. The topological polar surface area (TPSA) is 50.2 Å². The first-order valence-corrected chi connectivity index (χ1v) is 4.41. The number of hydrogen-bond acceptors (Lipinski definition) is 2. The lowest BCUT2D eigenvalue weighted by Gasteiger charge is -2.00. The van der Waals surface area contributed by atoms with Crippen LogP contribution in [-0.4, -0.2) is 16.1 Å². The van der Waals surface area contributed by atoms with Crippen LogP contribution in [0.2, 0.25) is 0 Å². The van der Waals surface area contributed by atoms with Gasteiger partial charge in [-0.2, -0.15) is 0 Å². The van der Waals surface area contributed by atoms with E-state index in [2.05, 4.69) is 20.9 Å². The Balaban J connectivity index is 3.21. The average Bonchev–Trinajstić information content (AvgIpc) is 2.04. The molecule has 1 N–H and O–H groups in total. The van der Waals surface area contributed by atoms with Gasteiger partial charge in [-0.25, -0.2) is 4.79 Å². The van der Waals surface area contributed by atoms with Gasteiger partial charge in [0, 0.05) is 10.7 Å². The summed E-state index contributed by atoms with van der Waals surface area (Å²) in [5.74, 6) is -0.908. The maximum atomic E-state index is 10.6. The monoisotopic (exact) mass is 249 g/mol. The Morgan fingerprint density at radius 2 is 2.42 bits per heavy atom. The van der Waals surface area contributed by atoms with E-state index in [-0.39, 0.29) is 11.4 Å². The average molecular weight is 250 g/mol. The van der Waals surface area contributed by atoms with Gasteiger partial charge in [-0.3, -0.25) is 4.98 Å². The molecular weight excluding hydrogens is 245 g/mol. The minimum absolute atomic E-state index is 0.106. The second kappa shape index (κ2) is 3.87. The second-order valence-corrected chi connectivity index (χ2v) is 3.27. The normalized spacial score (nSPS) is 9.83. The molecule has 0 amide bonds. The molecule has 0 aliphatic heterocycles. The van der Waals surface area contributed by atoms with Crippen LogP contribution in [0.25, 0.3) is 0 Å². The zero-order valence-electron chi connectivity index (χ0n) is 5.92. The summed E-state index contributed by atoms with van der Waals surface area (Å²) in [7, 11) is 0. The summed E-state index contributed by atoms with van der Waals surface area (Å²) in [6.07, 6.45) is 1.52. The Hall–Kier alpha value is -0.610. The molecule has 0 atom stereocenters. The van der Waals surface area contributed by atoms with E-state index in [1.165, 1.54) is 12.3 Å². The molecule has 1 aromatic rings. The predicted octanol–water partition coefficient (Wildman–Crippen LogP) is 2.28. The zero-order chi connectivity index (χ0) is 9.14. The maximum Gasteiger partial charge on any atom is 0.337 e. The van der Waals surface area contributed by atoms with Gasteiger partial charge in [0.05, 0.1) is 17.1 Å². The minimum atomic E-state index is -1.01. The molecule has 0 radical (unpaired) electrons. The van der Waals surface area contributed by atoms with Crippen LogP contribution in [0.1, 0.15) is 16.1 Å². The number of carbonyl (C=O) groups is 1. The van der Waals surface area contributed by atoms with Crippen LogP contribution in [0.15, 0.2) is 16.7 Å². The molecule has 64 valence electrons. The highest BCUT2D eigenvalue weighted by molar-refractivity contribution is 9.10. The van der Waals surface area contributed by atoms with Gasteiger partial charge < -0.3 is 5.11 Å². The van der Waals surface area contributed by atoms with Crippen LogP contribution < -0.4 is 0 Å². The van der Waals surface area contributed by atoms with Gasteiger partial charge in [0.15, 0.2) is 0 Å². The van der Waals surface area contributed by atoms with Crippen LogP contribution in [0.5, 0.6) is 0 Å². The molecule has 12 heavy (non-hydrogen) atoms. The van der Waals surface area contributed by atoms with E-state index in [0.29, 0.717) is 10.2 Å². The number of alkyl halides is 1. The van der Waals surface area contributed by atoms with Crippen molar-refractivity contribution in [2.45, 2.75) is 5.88 Å². The number of pyridine rings is 1. The smallest absolute Gasteiger partial charge is 0.337 e. The van der Waals surface area contributed by atoms with Gasteiger partial charge in [-0.1, -0.05) is 0 Å². The molecule has 0 aromatic carbocycles. The Labute approximate surface area is 82.5 Å². The fraction of sp³-hybridized carbons (Fsp3) is 0.143. The van der Waals surface area contributed by atoms with Crippen molar-refractivity contribution in [2.24, 2.45) is 0 Å². The number of rotatable bonds is 2. The molecule has 1 aromatic heterocycles. The lowest BCUT2D eigenvalue weighted by molar-refractivity contribution is 0.0695. The molecular formula is C7H5BrClNO2. The Kier molecular flexibility index (Phi) is 3.05. The van der Waals surface area contributed by atoms with Gasteiger partial charge in [0.1, 0.15) is 0 Å². The van der Waals surface area contributed by atoms with Crippen molar-refractivity contribution in [1.82, 2.24) is 4.98 Å². The highest BCUT2D eigenvalue weighted by Gasteiger charge is 2.10. The Bertz CT molecular complexity index is 316. The van der Waals surface area contributed by atoms with E-state index in [1.54, 1.807) is 0 Å². The third-order valence-corrected chi connectivity index (χ3v) is 1.98. The lowest BCUT2D eigenvalue weighted by Crippen LogP contribution is -2.03. The molecule has 5 heteroatoms. The highest BCUT2D eigenvalue weighted by atomic mass is 79.9. The highest BCUT2D eigenvalue weighted by Crippen LogP contribution is 2.15. The number of aromatic nitrogens is 1. The number of aromatic carboxylic acids is 1. The molecule has 0 aliphatic carbocycles. The van der Waals surface area contributed by atoms with E-state index in [4.69, 9.17) is 16.7 Å². The molecule has 1 rings (SSSR count). The zero-order valence-corrected chi connectivity index (χ0v) is 8.26. The summed E-state index contributed by atoms with van der Waals surface area (Å²) in [4.78, 5) is 14.5. The van der Waals surface area contributed by atoms with Gasteiger partial charge in [0.2, 0.25) is 0 Å². The van der Waals surface area contributed by atoms with E-state index in [9.17, 15) is 4.79 Å². The number of halogens is 2. The SMILES string of the molecule is O=C(O)c1cc(Br)cnc1CCl. The molecule has 3 nitrogen and oxygen atoms in total. The third-order valence-electron chi connectivity index (χ3n) is 1.29. The third kappa shape index (κ3) is 1.95. The van der Waals surface area contributed by atoms with Crippen molar-refractivity contribution < 1.29 is 9.90 Å². The van der Waals surface area contributed by atoms with Gasteiger partial charge in [0.25, 0.3) is 0 Å². The van der Waals surface area contributed by atoms with Crippen molar-refractivity contribution >= 4 is 33.5 Å². The van der Waals surface area contributed by atoms with Crippen LogP contribution in [0.3, 0.4) is 0 Å². The van der Waals surface area contributed by atoms with Gasteiger partial charge in [-0.05, 0) is 22.0 Å². The van der Waals surface area contributed by atoms with Gasteiger partial charge in [-0.15, -0.1) is 11.6 Å². The van der Waals surface area contributed by atoms with Crippen LogP contribution in [-0.2, 0) is 5.88 Å². The molecule has 0 aliphatic rings. The summed E-state index contributed by atoms with van der Waals surface area (Å²) in [5.41, 5.74) is 0.520. The van der Waals surface area contributed by atoms with E-state index < -0.39 is 5.97 Å². The van der Waals surface area contributed by atoms with Crippen LogP contribution in [0, 0.1) is 0 Å². The van der Waals surface area contributed by atoms with Crippen molar-refractivity contribution in [2.75, 3.05) is 0 Å². The second-order valence-electron chi connectivity index (χ2n) is 2.09. The standard InChI is InChI=1S/C7H5BrClNO2/c8-4-1-5(7(11)12)6(2-9)10-3-4/h1,3H,2H2,(H,11,12). The molecule has 0 fully saturated rings. The molecule has 0 saturated heterocycles. The number of hydrogen-bond donors (Lipinski definition) is 1. The Morgan fingerprint density at radius 3 is 2.92 bits per heavy atom. The van der Waals surface area contributed by atoms with Crippen molar-refractivity contribution in [3.8, 4) is 0 Å². The maximum absolute atomic E-state index is 10.6.